The topological polar surface area (TPSA) is 85.0 Å². The van der Waals surface area contributed by atoms with Gasteiger partial charge in [-0.3, -0.25) is 14.5 Å². The fourth-order valence-electron chi connectivity index (χ4n) is 2.26. The van der Waals surface area contributed by atoms with E-state index in [1.807, 2.05) is 36.4 Å². The number of thioether (sulfide) groups is 1. The first-order valence-corrected chi connectivity index (χ1v) is 8.67. The minimum Gasteiger partial charge on any atom is -0.484 e. The Morgan fingerprint density at radius 2 is 2.00 bits per heavy atom. The fourth-order valence-corrected chi connectivity index (χ4v) is 3.25. The van der Waals surface area contributed by atoms with Crippen molar-refractivity contribution < 1.29 is 14.3 Å². The number of aliphatic imine (C=N–C) groups is 1. The van der Waals surface area contributed by atoms with Crippen molar-refractivity contribution in [1.29, 1.82) is 0 Å². The summed E-state index contributed by atoms with van der Waals surface area (Å²) in [5.41, 5.74) is 6.66. The molecule has 0 radical (unpaired) electrons. The SMILES string of the molecule is CN1C(=O)/C(=C\c2cccc(OCC(N)=O)c2)SC1=Nc1ccccc1. The third-order valence-electron chi connectivity index (χ3n) is 3.52. The molecular weight excluding hydrogens is 350 g/mol. The largest absolute Gasteiger partial charge is 0.484 e. The summed E-state index contributed by atoms with van der Waals surface area (Å²) in [4.78, 5) is 29.9. The van der Waals surface area contributed by atoms with Crippen LogP contribution in [0.2, 0.25) is 0 Å². The van der Waals surface area contributed by atoms with E-state index in [4.69, 9.17) is 10.5 Å². The lowest BCUT2D eigenvalue weighted by Gasteiger charge is -2.06. The van der Waals surface area contributed by atoms with E-state index in [9.17, 15) is 9.59 Å². The average molecular weight is 367 g/mol. The molecular formula is C19H17N3O3S. The zero-order valence-electron chi connectivity index (χ0n) is 14.1. The smallest absolute Gasteiger partial charge is 0.266 e. The Morgan fingerprint density at radius 1 is 1.23 bits per heavy atom. The highest BCUT2D eigenvalue weighted by Gasteiger charge is 2.30. The number of likely N-dealkylation sites (N-methyl/N-ethyl adjacent to an activating group) is 1. The molecule has 2 amide bonds. The van der Waals surface area contributed by atoms with E-state index >= 15 is 0 Å². The number of benzene rings is 2. The van der Waals surface area contributed by atoms with Crippen LogP contribution in [0.3, 0.4) is 0 Å². The molecule has 1 aliphatic rings. The first-order valence-electron chi connectivity index (χ1n) is 7.85. The normalized spacial score (nSPS) is 17.1. The average Bonchev–Trinajstić information content (AvgIpc) is 2.89. The van der Waals surface area contributed by atoms with E-state index in [2.05, 4.69) is 4.99 Å². The first-order chi connectivity index (χ1) is 12.5. The number of nitrogens with zero attached hydrogens (tertiary/aromatic N) is 2. The number of ether oxygens (including phenoxy) is 1. The van der Waals surface area contributed by atoms with Gasteiger partial charge in [0.1, 0.15) is 5.75 Å². The van der Waals surface area contributed by atoms with Crippen LogP contribution in [0, 0.1) is 0 Å². The maximum absolute atomic E-state index is 12.5. The van der Waals surface area contributed by atoms with Crippen molar-refractivity contribution in [2.75, 3.05) is 13.7 Å². The number of amidine groups is 1. The molecule has 7 heteroatoms. The minimum atomic E-state index is -0.543. The van der Waals surface area contributed by atoms with Gasteiger partial charge >= 0.3 is 0 Å². The highest BCUT2D eigenvalue weighted by molar-refractivity contribution is 8.18. The van der Waals surface area contributed by atoms with Gasteiger partial charge in [-0.05, 0) is 47.7 Å². The lowest BCUT2D eigenvalue weighted by atomic mass is 10.2. The van der Waals surface area contributed by atoms with Gasteiger partial charge in [-0.15, -0.1) is 0 Å². The number of hydrogen-bond donors (Lipinski definition) is 1. The van der Waals surface area contributed by atoms with E-state index < -0.39 is 5.91 Å². The number of rotatable bonds is 5. The van der Waals surface area contributed by atoms with Crippen LogP contribution in [0.15, 0.2) is 64.5 Å². The van der Waals surface area contributed by atoms with E-state index in [1.165, 1.54) is 16.7 Å². The molecule has 2 aromatic rings. The Labute approximate surface area is 155 Å². The predicted octanol–water partition coefficient (Wildman–Crippen LogP) is 2.78. The molecule has 0 atom stereocenters. The van der Waals surface area contributed by atoms with Gasteiger partial charge in [-0.2, -0.15) is 0 Å². The molecule has 0 aromatic heterocycles. The van der Waals surface area contributed by atoms with Crippen LogP contribution in [0.4, 0.5) is 5.69 Å². The summed E-state index contributed by atoms with van der Waals surface area (Å²) >= 11 is 1.31. The Kier molecular flexibility index (Phi) is 5.38. The van der Waals surface area contributed by atoms with Crippen LogP contribution in [0.25, 0.3) is 6.08 Å². The van der Waals surface area contributed by atoms with Gasteiger partial charge < -0.3 is 10.5 Å². The van der Waals surface area contributed by atoms with Gasteiger partial charge in [0, 0.05) is 7.05 Å². The van der Waals surface area contributed by atoms with E-state index in [0.717, 1.165) is 11.3 Å². The molecule has 1 heterocycles. The molecule has 2 aromatic carbocycles. The molecule has 1 aliphatic heterocycles. The highest BCUT2D eigenvalue weighted by atomic mass is 32.2. The molecule has 132 valence electrons. The zero-order chi connectivity index (χ0) is 18.5. The Balaban J connectivity index is 1.81. The third kappa shape index (κ3) is 4.31. The number of carbonyl (C=O) groups is 2. The third-order valence-corrected chi connectivity index (χ3v) is 4.58. The standard InChI is InChI=1S/C19H17N3O3S/c1-22-18(24)16(26-19(22)21-14-7-3-2-4-8-14)11-13-6-5-9-15(10-13)25-12-17(20)23/h2-11H,12H2,1H3,(H2,20,23)/b16-11+,21-19?. The number of hydrogen-bond acceptors (Lipinski definition) is 5. The number of amides is 2. The molecule has 0 saturated carbocycles. The Bertz CT molecular complexity index is 894. The second kappa shape index (κ2) is 7.88. The molecule has 2 N–H and O–H groups in total. The summed E-state index contributed by atoms with van der Waals surface area (Å²) in [5.74, 6) is -0.146. The van der Waals surface area contributed by atoms with Gasteiger partial charge in [0.05, 0.1) is 10.6 Å². The van der Waals surface area contributed by atoms with Crippen LogP contribution in [-0.4, -0.2) is 35.5 Å². The Hall–Kier alpha value is -3.06. The van der Waals surface area contributed by atoms with Gasteiger partial charge in [-0.1, -0.05) is 30.3 Å². The molecule has 6 nitrogen and oxygen atoms in total. The summed E-state index contributed by atoms with van der Waals surface area (Å²) in [7, 11) is 1.70. The molecule has 0 bridgehead atoms. The second-order valence-corrected chi connectivity index (χ2v) is 6.54. The summed E-state index contributed by atoms with van der Waals surface area (Å²) in [6.07, 6.45) is 1.77. The predicted molar refractivity (Wildman–Crippen MR) is 103 cm³/mol. The summed E-state index contributed by atoms with van der Waals surface area (Å²) in [6.45, 7) is -0.190. The lowest BCUT2D eigenvalue weighted by Crippen LogP contribution is -2.23. The van der Waals surface area contributed by atoms with Crippen molar-refractivity contribution in [3.05, 3.63) is 65.1 Å². The van der Waals surface area contributed by atoms with Crippen molar-refractivity contribution in [1.82, 2.24) is 4.90 Å². The lowest BCUT2D eigenvalue weighted by molar-refractivity contribution is -0.121. The zero-order valence-corrected chi connectivity index (χ0v) is 14.9. The summed E-state index contributed by atoms with van der Waals surface area (Å²) < 4.78 is 5.29. The van der Waals surface area contributed by atoms with E-state index in [-0.39, 0.29) is 12.5 Å². The van der Waals surface area contributed by atoms with Gasteiger partial charge in [-0.25, -0.2) is 4.99 Å². The number of nitrogens with two attached hydrogens (primary N) is 1. The molecule has 0 spiro atoms. The molecule has 26 heavy (non-hydrogen) atoms. The number of primary amides is 1. The van der Waals surface area contributed by atoms with Crippen LogP contribution in [0.1, 0.15) is 5.56 Å². The van der Waals surface area contributed by atoms with Gasteiger partial charge in [0.2, 0.25) is 0 Å². The monoisotopic (exact) mass is 367 g/mol. The van der Waals surface area contributed by atoms with Gasteiger partial charge in [0.15, 0.2) is 11.8 Å². The number of carbonyl (C=O) groups excluding carboxylic acids is 2. The molecule has 3 rings (SSSR count). The molecule has 1 saturated heterocycles. The van der Waals surface area contributed by atoms with Gasteiger partial charge in [0.25, 0.3) is 11.8 Å². The minimum absolute atomic E-state index is 0.117. The van der Waals surface area contributed by atoms with Crippen LogP contribution in [0.5, 0.6) is 5.75 Å². The van der Waals surface area contributed by atoms with Crippen molar-refractivity contribution in [3.63, 3.8) is 0 Å². The van der Waals surface area contributed by atoms with E-state index in [1.54, 1.807) is 31.3 Å². The van der Waals surface area contributed by atoms with Crippen LogP contribution in [-0.2, 0) is 9.59 Å². The molecule has 0 aliphatic carbocycles. The summed E-state index contributed by atoms with van der Waals surface area (Å²) in [5, 5.41) is 0.619. The maximum atomic E-state index is 12.5. The number of para-hydroxylation sites is 1. The molecule has 1 fully saturated rings. The summed E-state index contributed by atoms with van der Waals surface area (Å²) in [6, 6.07) is 16.6. The van der Waals surface area contributed by atoms with Crippen molar-refractivity contribution >= 4 is 40.5 Å². The fraction of sp³-hybridized carbons (Fsp3) is 0.105. The van der Waals surface area contributed by atoms with Crippen molar-refractivity contribution in [3.8, 4) is 5.75 Å². The van der Waals surface area contributed by atoms with Crippen molar-refractivity contribution in [2.24, 2.45) is 10.7 Å². The second-order valence-electron chi connectivity index (χ2n) is 5.53. The molecule has 0 unspecified atom stereocenters. The Morgan fingerprint density at radius 3 is 2.73 bits per heavy atom. The van der Waals surface area contributed by atoms with E-state index in [0.29, 0.717) is 15.8 Å². The maximum Gasteiger partial charge on any atom is 0.266 e. The van der Waals surface area contributed by atoms with Crippen molar-refractivity contribution in [2.45, 2.75) is 0 Å². The van der Waals surface area contributed by atoms with Crippen LogP contribution < -0.4 is 10.5 Å². The highest BCUT2D eigenvalue weighted by Crippen LogP contribution is 2.33. The quantitative estimate of drug-likeness (QED) is 0.824. The first kappa shape index (κ1) is 17.8. The van der Waals surface area contributed by atoms with Crippen LogP contribution >= 0.6 is 11.8 Å².